The number of hydrogen-bond acceptors (Lipinski definition) is 2. The quantitative estimate of drug-likeness (QED) is 0.811. The molecule has 0 aliphatic heterocycles. The second-order valence-electron chi connectivity index (χ2n) is 3.35. The molecule has 1 aromatic carbocycles. The van der Waals surface area contributed by atoms with Crippen LogP contribution in [-0.2, 0) is 6.42 Å². The molecule has 0 fully saturated rings. The van der Waals surface area contributed by atoms with Crippen LogP contribution in [0.1, 0.15) is 12.1 Å². The number of nitrogens with zero attached hydrogens (tertiary/aromatic N) is 1. The van der Waals surface area contributed by atoms with E-state index < -0.39 is 0 Å². The molecule has 0 amide bonds. The molecule has 0 saturated carbocycles. The molecular weight excluding hydrogens is 212 g/mol. The van der Waals surface area contributed by atoms with Crippen molar-refractivity contribution in [1.82, 2.24) is 10.2 Å². The first-order chi connectivity index (χ1) is 7.36. The maximum absolute atomic E-state index is 5.67. The van der Waals surface area contributed by atoms with Crippen LogP contribution in [0.2, 0.25) is 0 Å². The Hall–Kier alpha value is -1.22. The number of ether oxygens (including phenoxy) is 1. The smallest absolute Gasteiger partial charge is 0.130 e. The summed E-state index contributed by atoms with van der Waals surface area (Å²) in [4.78, 5) is 0. The van der Waals surface area contributed by atoms with Crippen LogP contribution in [-0.4, -0.2) is 23.2 Å². The lowest BCUT2D eigenvalue weighted by Gasteiger charge is -2.02. The van der Waals surface area contributed by atoms with E-state index in [9.17, 15) is 0 Å². The zero-order valence-corrected chi connectivity index (χ0v) is 9.34. The molecule has 0 bridgehead atoms. The lowest BCUT2D eigenvalue weighted by molar-refractivity contribution is 0.419. The first-order valence-electron chi connectivity index (χ1n) is 4.92. The molecule has 2 aromatic rings. The lowest BCUT2D eigenvalue weighted by atomic mass is 10.1. The predicted octanol–water partition coefficient (Wildman–Crippen LogP) is 2.74. The molecule has 0 aliphatic carbocycles. The maximum Gasteiger partial charge on any atom is 0.130 e. The van der Waals surface area contributed by atoms with Crippen molar-refractivity contribution in [1.29, 1.82) is 0 Å². The number of alkyl halides is 1. The van der Waals surface area contributed by atoms with Crippen LogP contribution in [0.4, 0.5) is 0 Å². The minimum absolute atomic E-state index is 0.656. The van der Waals surface area contributed by atoms with Gasteiger partial charge in [-0.1, -0.05) is 6.07 Å². The fourth-order valence-corrected chi connectivity index (χ4v) is 1.82. The molecule has 3 nitrogen and oxygen atoms in total. The fraction of sp³-hybridized carbons (Fsp3) is 0.364. The normalized spacial score (nSPS) is 10.8. The average molecular weight is 225 g/mol. The Kier molecular flexibility index (Phi) is 3.11. The van der Waals surface area contributed by atoms with Gasteiger partial charge in [-0.25, -0.2) is 0 Å². The van der Waals surface area contributed by atoms with E-state index in [1.54, 1.807) is 7.11 Å². The summed E-state index contributed by atoms with van der Waals surface area (Å²) in [5, 5.41) is 8.35. The highest BCUT2D eigenvalue weighted by molar-refractivity contribution is 6.17. The Morgan fingerprint density at radius 1 is 1.47 bits per heavy atom. The average Bonchev–Trinajstić information content (AvgIpc) is 2.69. The molecule has 0 spiro atoms. The number of halogens is 1. The summed E-state index contributed by atoms with van der Waals surface area (Å²) >= 11 is 5.67. The van der Waals surface area contributed by atoms with Gasteiger partial charge in [-0.05, 0) is 25.0 Å². The third kappa shape index (κ3) is 1.92. The molecule has 0 saturated heterocycles. The van der Waals surface area contributed by atoms with Crippen LogP contribution in [0.5, 0.6) is 5.75 Å². The Morgan fingerprint density at radius 3 is 3.07 bits per heavy atom. The summed E-state index contributed by atoms with van der Waals surface area (Å²) in [6.45, 7) is 0. The number of H-pyrrole nitrogens is 1. The van der Waals surface area contributed by atoms with Crippen molar-refractivity contribution in [3.63, 3.8) is 0 Å². The molecule has 15 heavy (non-hydrogen) atoms. The molecule has 1 N–H and O–H groups in total. The number of benzene rings is 1. The summed E-state index contributed by atoms with van der Waals surface area (Å²) < 4.78 is 5.31. The van der Waals surface area contributed by atoms with Gasteiger partial charge < -0.3 is 4.74 Å². The molecule has 0 atom stereocenters. The number of methoxy groups -OCH3 is 1. The van der Waals surface area contributed by atoms with Crippen LogP contribution in [0.15, 0.2) is 18.2 Å². The molecule has 1 heterocycles. The van der Waals surface area contributed by atoms with Gasteiger partial charge in [-0.3, -0.25) is 5.10 Å². The highest BCUT2D eigenvalue weighted by Gasteiger charge is 2.09. The van der Waals surface area contributed by atoms with Gasteiger partial charge >= 0.3 is 0 Å². The highest BCUT2D eigenvalue weighted by atomic mass is 35.5. The van der Waals surface area contributed by atoms with E-state index in [1.165, 1.54) is 0 Å². The monoisotopic (exact) mass is 224 g/mol. The molecule has 0 radical (unpaired) electrons. The Bertz CT molecular complexity index is 453. The fourth-order valence-electron chi connectivity index (χ4n) is 1.69. The van der Waals surface area contributed by atoms with Gasteiger partial charge in [0.1, 0.15) is 5.75 Å². The van der Waals surface area contributed by atoms with Gasteiger partial charge in [-0.2, -0.15) is 5.10 Å². The zero-order valence-electron chi connectivity index (χ0n) is 8.59. The lowest BCUT2D eigenvalue weighted by Crippen LogP contribution is -1.90. The van der Waals surface area contributed by atoms with Crippen molar-refractivity contribution in [2.45, 2.75) is 12.8 Å². The van der Waals surface area contributed by atoms with Gasteiger partial charge in [0, 0.05) is 5.88 Å². The van der Waals surface area contributed by atoms with Gasteiger partial charge in [0.25, 0.3) is 0 Å². The van der Waals surface area contributed by atoms with Crippen LogP contribution in [0.25, 0.3) is 10.9 Å². The molecule has 1 aromatic heterocycles. The number of aromatic amines is 1. The third-order valence-electron chi connectivity index (χ3n) is 2.39. The largest absolute Gasteiger partial charge is 0.496 e. The number of aryl methyl sites for hydroxylation is 1. The summed E-state index contributed by atoms with van der Waals surface area (Å²) in [6.07, 6.45) is 1.81. The van der Waals surface area contributed by atoms with Crippen LogP contribution in [0, 0.1) is 0 Å². The molecule has 4 heteroatoms. The number of aromatic nitrogens is 2. The predicted molar refractivity (Wildman–Crippen MR) is 61.7 cm³/mol. The van der Waals surface area contributed by atoms with Crippen molar-refractivity contribution in [3.8, 4) is 5.75 Å². The van der Waals surface area contributed by atoms with Crippen molar-refractivity contribution in [2.24, 2.45) is 0 Å². The highest BCUT2D eigenvalue weighted by Crippen LogP contribution is 2.27. The van der Waals surface area contributed by atoms with Crippen LogP contribution in [0.3, 0.4) is 0 Å². The molecule has 80 valence electrons. The van der Waals surface area contributed by atoms with Crippen molar-refractivity contribution in [2.75, 3.05) is 13.0 Å². The Morgan fingerprint density at radius 2 is 2.33 bits per heavy atom. The summed E-state index contributed by atoms with van der Waals surface area (Å²) in [5.74, 6) is 1.52. The second kappa shape index (κ2) is 4.53. The van der Waals surface area contributed by atoms with Crippen LogP contribution < -0.4 is 4.74 Å². The zero-order chi connectivity index (χ0) is 10.7. The van der Waals surface area contributed by atoms with E-state index in [0.717, 1.165) is 35.2 Å². The van der Waals surface area contributed by atoms with E-state index >= 15 is 0 Å². The van der Waals surface area contributed by atoms with Gasteiger partial charge in [0.2, 0.25) is 0 Å². The molecular formula is C11H13ClN2O. The first-order valence-corrected chi connectivity index (χ1v) is 5.46. The number of nitrogens with one attached hydrogen (secondary N) is 1. The Labute approximate surface area is 93.4 Å². The van der Waals surface area contributed by atoms with Gasteiger partial charge in [0.15, 0.2) is 0 Å². The van der Waals surface area contributed by atoms with E-state index in [1.807, 2.05) is 18.2 Å². The Balaban J connectivity index is 2.46. The standard InChI is InChI=1S/C11H13ClN2O/c1-15-10-6-2-4-8-11(10)9(14-13-8)5-3-7-12/h2,4,6H,3,5,7H2,1H3,(H,13,14). The van der Waals surface area contributed by atoms with Gasteiger partial charge in [-0.15, -0.1) is 11.6 Å². The minimum Gasteiger partial charge on any atom is -0.496 e. The van der Waals surface area contributed by atoms with Crippen LogP contribution >= 0.6 is 11.6 Å². The third-order valence-corrected chi connectivity index (χ3v) is 2.66. The number of hydrogen-bond donors (Lipinski definition) is 1. The van der Waals surface area contributed by atoms with Crippen molar-refractivity contribution < 1.29 is 4.74 Å². The van der Waals surface area contributed by atoms with E-state index in [2.05, 4.69) is 10.2 Å². The summed E-state index contributed by atoms with van der Waals surface area (Å²) in [6, 6.07) is 5.89. The number of rotatable bonds is 4. The van der Waals surface area contributed by atoms with Crippen molar-refractivity contribution in [3.05, 3.63) is 23.9 Å². The second-order valence-corrected chi connectivity index (χ2v) is 3.72. The topological polar surface area (TPSA) is 37.9 Å². The van der Waals surface area contributed by atoms with Crippen molar-refractivity contribution >= 4 is 22.5 Å². The van der Waals surface area contributed by atoms with Gasteiger partial charge in [0.05, 0.1) is 23.7 Å². The van der Waals surface area contributed by atoms with E-state index in [4.69, 9.17) is 16.3 Å². The molecule has 0 aliphatic rings. The summed E-state index contributed by atoms with van der Waals surface area (Å²) in [5.41, 5.74) is 2.04. The minimum atomic E-state index is 0.656. The maximum atomic E-state index is 5.67. The SMILES string of the molecule is COc1cccc2[nH]nc(CCCCl)c12. The molecule has 2 rings (SSSR count). The van der Waals surface area contributed by atoms with E-state index in [-0.39, 0.29) is 0 Å². The van der Waals surface area contributed by atoms with E-state index in [0.29, 0.717) is 5.88 Å². The molecule has 0 unspecified atom stereocenters. The first kappa shape index (κ1) is 10.3. The number of fused-ring (bicyclic) bond motifs is 1. The summed E-state index contributed by atoms with van der Waals surface area (Å²) in [7, 11) is 1.67.